The van der Waals surface area contributed by atoms with Crippen LogP contribution in [0.3, 0.4) is 0 Å². The predicted molar refractivity (Wildman–Crippen MR) is 83.1 cm³/mol. The van der Waals surface area contributed by atoms with Crippen molar-refractivity contribution >= 4 is 8.32 Å². The Labute approximate surface area is 164 Å². The van der Waals surface area contributed by atoms with Crippen LogP contribution < -0.4 is 24.8 Å². The molecule has 1 aliphatic carbocycles. The third-order valence-electron chi connectivity index (χ3n) is 2.04. The molecule has 1 aliphatic rings. The van der Waals surface area contributed by atoms with Crippen LogP contribution in [-0.2, 0) is 30.6 Å². The van der Waals surface area contributed by atoms with Gasteiger partial charge in [-0.15, -0.1) is 12.0 Å². The smallest absolute Gasteiger partial charge is 1.00 e. The largest absolute Gasteiger partial charge is 4.00 e. The van der Waals surface area contributed by atoms with Gasteiger partial charge in [-0.2, -0.15) is 6.08 Å². The molecule has 1 rings (SSSR count). The molecule has 1 N–H and O–H groups in total. The Balaban J connectivity index is -0.000000154. The van der Waals surface area contributed by atoms with Crippen molar-refractivity contribution in [3.63, 3.8) is 0 Å². The van der Waals surface area contributed by atoms with E-state index in [1.807, 2.05) is 26.0 Å². The molecule has 0 aliphatic heterocycles. The molecule has 0 aromatic heterocycles. The quantitative estimate of drug-likeness (QED) is 0.425. The third kappa shape index (κ3) is 23.5. The van der Waals surface area contributed by atoms with Gasteiger partial charge in [-0.25, -0.2) is 12.2 Å². The SMILES string of the molecule is CC(C)([NH-])C[Si](C)(C)OC(C)(C)C.[C-]1=CC=CC1.[Cl-].[Cl-].[Zr+4]. The van der Waals surface area contributed by atoms with Crippen molar-refractivity contribution in [3.05, 3.63) is 30.0 Å². The van der Waals surface area contributed by atoms with Gasteiger partial charge in [-0.05, 0) is 39.9 Å². The van der Waals surface area contributed by atoms with E-state index < -0.39 is 8.32 Å². The van der Waals surface area contributed by atoms with Crippen molar-refractivity contribution in [2.24, 2.45) is 0 Å². The molecule has 0 heterocycles. The third-order valence-corrected chi connectivity index (χ3v) is 4.94. The molecule has 0 spiro atoms. The van der Waals surface area contributed by atoms with Crippen LogP contribution in [0.5, 0.6) is 0 Å². The molecule has 2 nitrogen and oxygen atoms in total. The maximum Gasteiger partial charge on any atom is 4.00 e. The minimum Gasteiger partial charge on any atom is -1.00 e. The summed E-state index contributed by atoms with van der Waals surface area (Å²) in [5, 5.41) is 0. The molecule has 0 atom stereocenters. The summed E-state index contributed by atoms with van der Waals surface area (Å²) < 4.78 is 6.02. The van der Waals surface area contributed by atoms with Gasteiger partial charge in [0.15, 0.2) is 8.32 Å². The Bertz CT molecular complexity index is 280. The van der Waals surface area contributed by atoms with Gasteiger partial charge >= 0.3 is 26.2 Å². The molecule has 122 valence electrons. The van der Waals surface area contributed by atoms with E-state index in [2.05, 4.69) is 46.0 Å². The van der Waals surface area contributed by atoms with Gasteiger partial charge in [-0.1, -0.05) is 13.8 Å². The zero-order valence-corrected chi connectivity index (χ0v) is 19.3. The van der Waals surface area contributed by atoms with Crippen LogP contribution in [0.15, 0.2) is 18.2 Å². The summed E-state index contributed by atoms with van der Waals surface area (Å²) in [4.78, 5) is 0. The second-order valence-corrected chi connectivity index (χ2v) is 11.1. The van der Waals surface area contributed by atoms with E-state index in [0.717, 1.165) is 12.5 Å². The molecule has 0 bridgehead atoms. The fraction of sp³-hybridized carbons (Fsp3) is 0.733. The maximum absolute atomic E-state index is 7.85. The summed E-state index contributed by atoms with van der Waals surface area (Å²) >= 11 is 0. The Morgan fingerprint density at radius 1 is 1.14 bits per heavy atom. The van der Waals surface area contributed by atoms with Gasteiger partial charge in [-0.3, -0.25) is 6.08 Å². The number of hydrogen-bond acceptors (Lipinski definition) is 1. The van der Waals surface area contributed by atoms with Crippen molar-refractivity contribution in [2.45, 2.75) is 71.3 Å². The Kier molecular flexibility index (Phi) is 17.9. The van der Waals surface area contributed by atoms with Crippen LogP contribution in [-0.4, -0.2) is 19.5 Å². The fourth-order valence-electron chi connectivity index (χ4n) is 2.27. The van der Waals surface area contributed by atoms with Gasteiger partial charge in [0.05, 0.1) is 0 Å². The monoisotopic (exact) mass is 427 g/mol. The van der Waals surface area contributed by atoms with Gasteiger partial charge in [0.2, 0.25) is 0 Å². The first-order chi connectivity index (χ1) is 7.91. The van der Waals surface area contributed by atoms with Crippen molar-refractivity contribution in [1.82, 2.24) is 0 Å². The van der Waals surface area contributed by atoms with Crippen LogP contribution >= 0.6 is 0 Å². The zero-order valence-electron chi connectivity index (χ0n) is 14.3. The van der Waals surface area contributed by atoms with Crippen molar-refractivity contribution in [2.75, 3.05) is 0 Å². The molecular formula is C15H29Cl2NOSiZr. The summed E-state index contributed by atoms with van der Waals surface area (Å²) in [5.41, 5.74) is 7.42. The summed E-state index contributed by atoms with van der Waals surface area (Å²) in [6.07, 6.45) is 10.0. The number of rotatable bonds is 3. The van der Waals surface area contributed by atoms with Gasteiger partial charge in [0, 0.05) is 5.60 Å². The predicted octanol–water partition coefficient (Wildman–Crippen LogP) is -0.851. The van der Waals surface area contributed by atoms with Crippen molar-refractivity contribution in [1.29, 1.82) is 0 Å². The first-order valence-electron chi connectivity index (χ1n) is 6.58. The van der Waals surface area contributed by atoms with Crippen molar-refractivity contribution in [3.8, 4) is 0 Å². The zero-order chi connectivity index (χ0) is 14.4. The van der Waals surface area contributed by atoms with Gasteiger partial charge < -0.3 is 35.0 Å². The van der Waals surface area contributed by atoms with Crippen LogP contribution in [0.4, 0.5) is 0 Å². The number of halogens is 2. The van der Waals surface area contributed by atoms with Gasteiger partial charge in [0.25, 0.3) is 0 Å². The number of nitrogens with one attached hydrogen (secondary N) is 1. The Hall–Kier alpha value is 1.08. The van der Waals surface area contributed by atoms with E-state index in [1.165, 1.54) is 0 Å². The number of hydrogen-bond donors (Lipinski definition) is 0. The van der Waals surface area contributed by atoms with Crippen LogP contribution in [0.25, 0.3) is 5.73 Å². The van der Waals surface area contributed by atoms with E-state index in [9.17, 15) is 0 Å². The normalized spacial score (nSPS) is 13.3. The molecule has 0 amide bonds. The molecule has 0 saturated carbocycles. The van der Waals surface area contributed by atoms with E-state index in [0.29, 0.717) is 0 Å². The molecule has 0 aromatic rings. The van der Waals surface area contributed by atoms with Gasteiger partial charge in [0.1, 0.15) is 0 Å². The molecule has 0 fully saturated rings. The van der Waals surface area contributed by atoms with Crippen LogP contribution in [0.1, 0.15) is 41.0 Å². The van der Waals surface area contributed by atoms with E-state index >= 15 is 0 Å². The van der Waals surface area contributed by atoms with E-state index in [1.54, 1.807) is 0 Å². The maximum atomic E-state index is 7.85. The molecule has 6 heteroatoms. The Morgan fingerprint density at radius 3 is 1.81 bits per heavy atom. The molecular weight excluding hydrogens is 400 g/mol. The summed E-state index contributed by atoms with van der Waals surface area (Å²) in [5.74, 6) is 0. The minimum absolute atomic E-state index is 0. The summed E-state index contributed by atoms with van der Waals surface area (Å²) in [6, 6.07) is 0.886. The topological polar surface area (TPSA) is 33.0 Å². The average molecular weight is 430 g/mol. The summed E-state index contributed by atoms with van der Waals surface area (Å²) in [7, 11) is -1.66. The molecule has 0 saturated heterocycles. The molecule has 21 heavy (non-hydrogen) atoms. The first kappa shape index (κ1) is 30.0. The minimum atomic E-state index is -1.66. The van der Waals surface area contributed by atoms with E-state index in [4.69, 9.17) is 10.2 Å². The average Bonchev–Trinajstić information content (AvgIpc) is 2.47. The fourth-order valence-corrected chi connectivity index (χ4v) is 6.13. The molecule has 0 radical (unpaired) electrons. The second kappa shape index (κ2) is 12.5. The van der Waals surface area contributed by atoms with Crippen LogP contribution in [0.2, 0.25) is 19.1 Å². The summed E-state index contributed by atoms with van der Waals surface area (Å²) in [6.45, 7) is 14.5. The first-order valence-corrected chi connectivity index (χ1v) is 9.70. The standard InChI is InChI=1S/C10H24NOSi.C5H5.2ClH.Zr/c1-9(2,3)12-13(6,7)8-10(4,5)11;1-2-4-5-3-1;;;/h11H,8H2,1-7H3;1-3H,4H2;2*1H;/q2*-1;;;+4/p-2. The number of allylic oxidation sites excluding steroid dienone is 4. The van der Waals surface area contributed by atoms with Crippen molar-refractivity contribution < 1.29 is 55.4 Å². The second-order valence-electron chi connectivity index (χ2n) is 7.04. The molecule has 0 unspecified atom stereocenters. The van der Waals surface area contributed by atoms with E-state index in [-0.39, 0.29) is 62.2 Å². The van der Waals surface area contributed by atoms with Crippen LogP contribution in [0, 0.1) is 6.08 Å². The Morgan fingerprint density at radius 2 is 1.62 bits per heavy atom. The molecule has 0 aromatic carbocycles.